The summed E-state index contributed by atoms with van der Waals surface area (Å²) < 4.78 is 23.3. The molecule has 0 aromatic heterocycles. The van der Waals surface area contributed by atoms with Gasteiger partial charge in [-0.1, -0.05) is 6.92 Å². The minimum absolute atomic E-state index is 0.656. The van der Waals surface area contributed by atoms with Crippen molar-refractivity contribution in [1.82, 2.24) is 5.32 Å². The van der Waals surface area contributed by atoms with E-state index in [1.807, 2.05) is 18.2 Å². The molecule has 1 unspecified atom stereocenters. The van der Waals surface area contributed by atoms with Crippen LogP contribution in [0, 0.1) is 0 Å². The van der Waals surface area contributed by atoms with E-state index in [-0.39, 0.29) is 0 Å². The average molecular weight is 283 g/mol. The van der Waals surface area contributed by atoms with Crippen LogP contribution in [0.4, 0.5) is 0 Å². The van der Waals surface area contributed by atoms with Gasteiger partial charge in [-0.25, -0.2) is 0 Å². The molecule has 0 saturated heterocycles. The highest BCUT2D eigenvalue weighted by Gasteiger charge is 2.13. The quantitative estimate of drug-likeness (QED) is 0.811. The summed E-state index contributed by atoms with van der Waals surface area (Å²) in [7, 11) is -0.966. The van der Waals surface area contributed by atoms with Gasteiger partial charge >= 0.3 is 0 Å². The first-order valence-corrected chi connectivity index (χ1v) is 8.12. The van der Waals surface area contributed by atoms with Crippen LogP contribution in [-0.2, 0) is 10.8 Å². The van der Waals surface area contributed by atoms with E-state index < -0.39 is 10.8 Å². The molecule has 2 rings (SSSR count). The van der Waals surface area contributed by atoms with Crippen LogP contribution in [0.3, 0.4) is 0 Å². The molecule has 0 amide bonds. The molecule has 1 atom stereocenters. The summed E-state index contributed by atoms with van der Waals surface area (Å²) in [6, 6.07) is 5.58. The van der Waals surface area contributed by atoms with Crippen LogP contribution in [0.5, 0.6) is 11.5 Å². The standard InChI is InChI=1S/C14H21NO3S/c1-2-15-7-3-10-19(16)12-5-6-13-14(11-12)18-9-4-8-17-13/h5-6,11,15H,2-4,7-10H2,1H3. The number of hydrogen-bond acceptors (Lipinski definition) is 4. The molecule has 0 aliphatic carbocycles. The summed E-state index contributed by atoms with van der Waals surface area (Å²) in [5.74, 6) is 2.15. The summed E-state index contributed by atoms with van der Waals surface area (Å²) in [6.07, 6.45) is 1.80. The summed E-state index contributed by atoms with van der Waals surface area (Å²) in [5, 5.41) is 3.23. The van der Waals surface area contributed by atoms with Crippen molar-refractivity contribution in [3.8, 4) is 11.5 Å². The largest absolute Gasteiger partial charge is 0.490 e. The fourth-order valence-corrected chi connectivity index (χ4v) is 3.01. The second-order valence-electron chi connectivity index (χ2n) is 4.42. The van der Waals surface area contributed by atoms with E-state index in [1.54, 1.807) is 0 Å². The number of hydrogen-bond donors (Lipinski definition) is 1. The van der Waals surface area contributed by atoms with E-state index in [1.165, 1.54) is 0 Å². The van der Waals surface area contributed by atoms with Gasteiger partial charge in [-0.15, -0.1) is 0 Å². The van der Waals surface area contributed by atoms with Crippen LogP contribution in [0.2, 0.25) is 0 Å². The molecule has 1 N–H and O–H groups in total. The Hall–Kier alpha value is -1.07. The van der Waals surface area contributed by atoms with E-state index in [0.29, 0.717) is 19.0 Å². The SMILES string of the molecule is CCNCCCS(=O)c1ccc2c(c1)OCCCO2. The third kappa shape index (κ3) is 4.21. The van der Waals surface area contributed by atoms with Crippen molar-refractivity contribution < 1.29 is 13.7 Å². The Morgan fingerprint density at radius 2 is 2.05 bits per heavy atom. The van der Waals surface area contributed by atoms with E-state index in [4.69, 9.17) is 9.47 Å². The lowest BCUT2D eigenvalue weighted by molar-refractivity contribution is 0.297. The zero-order chi connectivity index (χ0) is 13.5. The van der Waals surface area contributed by atoms with Crippen molar-refractivity contribution in [2.75, 3.05) is 32.1 Å². The summed E-state index contributed by atoms with van der Waals surface area (Å²) in [6.45, 7) is 5.27. The molecule has 1 aliphatic heterocycles. The van der Waals surface area contributed by atoms with Crippen molar-refractivity contribution in [3.05, 3.63) is 18.2 Å². The van der Waals surface area contributed by atoms with Crippen LogP contribution in [0.1, 0.15) is 19.8 Å². The summed E-state index contributed by atoms with van der Waals surface area (Å²) in [4.78, 5) is 0.820. The van der Waals surface area contributed by atoms with Gasteiger partial charge in [0.05, 0.1) is 24.0 Å². The smallest absolute Gasteiger partial charge is 0.162 e. The summed E-state index contributed by atoms with van der Waals surface area (Å²) >= 11 is 0. The van der Waals surface area contributed by atoms with Gasteiger partial charge in [0.2, 0.25) is 0 Å². The van der Waals surface area contributed by atoms with Gasteiger partial charge in [-0.3, -0.25) is 4.21 Å². The molecule has 106 valence electrons. The monoisotopic (exact) mass is 283 g/mol. The molecule has 19 heavy (non-hydrogen) atoms. The molecule has 4 nitrogen and oxygen atoms in total. The van der Waals surface area contributed by atoms with Gasteiger partial charge in [0.25, 0.3) is 0 Å². The first kappa shape index (κ1) is 14.3. The van der Waals surface area contributed by atoms with Crippen molar-refractivity contribution in [3.63, 3.8) is 0 Å². The highest BCUT2D eigenvalue weighted by atomic mass is 32.2. The second kappa shape index (κ2) is 7.50. The molecule has 0 fully saturated rings. The van der Waals surface area contributed by atoms with Gasteiger partial charge in [0, 0.05) is 23.1 Å². The van der Waals surface area contributed by atoms with E-state index in [2.05, 4.69) is 12.2 Å². The number of benzene rings is 1. The third-order valence-corrected chi connectivity index (χ3v) is 4.35. The Morgan fingerprint density at radius 1 is 1.26 bits per heavy atom. The van der Waals surface area contributed by atoms with Crippen LogP contribution in [0.15, 0.2) is 23.1 Å². The fraction of sp³-hybridized carbons (Fsp3) is 0.571. The Morgan fingerprint density at radius 3 is 2.84 bits per heavy atom. The molecule has 0 bridgehead atoms. The predicted molar refractivity (Wildman–Crippen MR) is 76.5 cm³/mol. The molecule has 1 aromatic carbocycles. The van der Waals surface area contributed by atoms with E-state index >= 15 is 0 Å². The summed E-state index contributed by atoms with van der Waals surface area (Å²) in [5.41, 5.74) is 0. The molecule has 1 aliphatic rings. The number of rotatable bonds is 6. The topological polar surface area (TPSA) is 47.6 Å². The lowest BCUT2D eigenvalue weighted by atomic mass is 10.3. The molecule has 0 spiro atoms. The number of fused-ring (bicyclic) bond motifs is 1. The van der Waals surface area contributed by atoms with Gasteiger partial charge in [-0.05, 0) is 31.6 Å². The predicted octanol–water partition coefficient (Wildman–Crippen LogP) is 1.96. The maximum atomic E-state index is 12.2. The molecule has 0 saturated carbocycles. The van der Waals surface area contributed by atoms with Crippen molar-refractivity contribution in [2.45, 2.75) is 24.7 Å². The number of ether oxygens (including phenoxy) is 2. The van der Waals surface area contributed by atoms with Crippen LogP contribution >= 0.6 is 0 Å². The normalized spacial score (nSPS) is 15.8. The minimum Gasteiger partial charge on any atom is -0.490 e. The Kier molecular flexibility index (Phi) is 5.66. The zero-order valence-electron chi connectivity index (χ0n) is 11.3. The van der Waals surface area contributed by atoms with Gasteiger partial charge in [-0.2, -0.15) is 0 Å². The number of nitrogens with one attached hydrogen (secondary N) is 1. The first-order valence-electron chi connectivity index (χ1n) is 6.80. The maximum absolute atomic E-state index is 12.2. The van der Waals surface area contributed by atoms with E-state index in [0.717, 1.165) is 42.3 Å². The lowest BCUT2D eigenvalue weighted by Crippen LogP contribution is -2.16. The Bertz CT molecular complexity index is 437. The molecule has 0 radical (unpaired) electrons. The van der Waals surface area contributed by atoms with Crippen LogP contribution < -0.4 is 14.8 Å². The van der Waals surface area contributed by atoms with Gasteiger partial charge in [0.1, 0.15) is 0 Å². The van der Waals surface area contributed by atoms with Crippen molar-refractivity contribution in [1.29, 1.82) is 0 Å². The average Bonchev–Trinajstić information content (AvgIpc) is 2.67. The van der Waals surface area contributed by atoms with Gasteiger partial charge < -0.3 is 14.8 Å². The Labute approximate surface area is 116 Å². The van der Waals surface area contributed by atoms with E-state index in [9.17, 15) is 4.21 Å². The first-order chi connectivity index (χ1) is 9.31. The fourth-order valence-electron chi connectivity index (χ4n) is 1.91. The third-order valence-electron chi connectivity index (χ3n) is 2.92. The maximum Gasteiger partial charge on any atom is 0.162 e. The van der Waals surface area contributed by atoms with Crippen LogP contribution in [0.25, 0.3) is 0 Å². The van der Waals surface area contributed by atoms with Gasteiger partial charge in [0.15, 0.2) is 11.5 Å². The molecule has 5 heteroatoms. The van der Waals surface area contributed by atoms with Crippen molar-refractivity contribution >= 4 is 10.8 Å². The van der Waals surface area contributed by atoms with Crippen molar-refractivity contribution in [2.24, 2.45) is 0 Å². The second-order valence-corrected chi connectivity index (χ2v) is 5.99. The highest BCUT2D eigenvalue weighted by Crippen LogP contribution is 2.31. The Balaban J connectivity index is 1.96. The zero-order valence-corrected chi connectivity index (χ0v) is 12.1. The molecular weight excluding hydrogens is 262 g/mol. The van der Waals surface area contributed by atoms with Crippen LogP contribution in [-0.4, -0.2) is 36.3 Å². The molecular formula is C14H21NO3S. The molecule has 1 heterocycles. The lowest BCUT2D eigenvalue weighted by Gasteiger charge is -2.09. The highest BCUT2D eigenvalue weighted by molar-refractivity contribution is 7.85. The molecule has 1 aromatic rings. The minimum atomic E-state index is -0.966.